The molecule has 0 saturated carbocycles. The lowest BCUT2D eigenvalue weighted by atomic mass is 10.0. The van der Waals surface area contributed by atoms with Gasteiger partial charge < -0.3 is 25.2 Å². The van der Waals surface area contributed by atoms with Crippen LogP contribution in [0.4, 0.5) is 0 Å². The Morgan fingerprint density at radius 3 is 1.29 bits per heavy atom. The van der Waals surface area contributed by atoms with Crippen LogP contribution in [-0.4, -0.2) is 59.9 Å². The molecular weight excluding hydrogens is 649 g/mol. The van der Waals surface area contributed by atoms with Gasteiger partial charge in [-0.05, 0) is 12.8 Å². The van der Waals surface area contributed by atoms with Crippen LogP contribution in [0.2, 0.25) is 0 Å². The van der Waals surface area contributed by atoms with Gasteiger partial charge in [0.2, 0.25) is 0 Å². The van der Waals surface area contributed by atoms with E-state index in [0.717, 1.165) is 38.5 Å². The van der Waals surface area contributed by atoms with Gasteiger partial charge >= 0.3 is 25.7 Å². The van der Waals surface area contributed by atoms with Gasteiger partial charge in [0.25, 0.3) is 0 Å². The van der Waals surface area contributed by atoms with Gasteiger partial charge in [-0.15, -0.1) is 0 Å². The number of nitrogens with two attached hydrogens (primary N) is 1. The van der Waals surface area contributed by atoms with Gasteiger partial charge in [-0.2, -0.15) is 0 Å². The third-order valence-electron chi connectivity index (χ3n) is 8.61. The number of carboxylic acid groups (broad SMARTS) is 1. The van der Waals surface area contributed by atoms with Crippen LogP contribution in [0.15, 0.2) is 0 Å². The van der Waals surface area contributed by atoms with Crippen molar-refractivity contribution in [2.45, 2.75) is 199 Å². The van der Waals surface area contributed by atoms with Crippen LogP contribution in [0.25, 0.3) is 0 Å². The van der Waals surface area contributed by atoms with E-state index in [2.05, 4.69) is 18.4 Å². The second kappa shape index (κ2) is 33.6. The summed E-state index contributed by atoms with van der Waals surface area (Å²) < 4.78 is 32.6. The van der Waals surface area contributed by atoms with Crippen molar-refractivity contribution in [2.75, 3.05) is 19.8 Å². The summed E-state index contributed by atoms with van der Waals surface area (Å²) in [7, 11) is -4.70. The molecule has 0 aromatic rings. The fraction of sp³-hybridized carbons (Fsp3) is 0.919. The molecule has 0 amide bonds. The monoisotopic (exact) mass is 721 g/mol. The van der Waals surface area contributed by atoms with E-state index in [1.807, 2.05) is 0 Å². The maximum absolute atomic E-state index is 12.5. The first-order valence-electron chi connectivity index (χ1n) is 19.6. The summed E-state index contributed by atoms with van der Waals surface area (Å²) in [6, 6.07) is -1.51. The first kappa shape index (κ1) is 47.5. The van der Waals surface area contributed by atoms with Crippen molar-refractivity contribution in [3.8, 4) is 0 Å². The van der Waals surface area contributed by atoms with Crippen LogP contribution in [0.5, 0.6) is 0 Å². The average molecular weight is 722 g/mol. The van der Waals surface area contributed by atoms with E-state index in [9.17, 15) is 23.8 Å². The van der Waals surface area contributed by atoms with Gasteiger partial charge in [-0.25, -0.2) is 4.57 Å². The number of aliphatic carboxylic acids is 1. The SMILES string of the molecule is CCCCCCCCCCCCCCCC(=O)OC(COC(=O)CCCCCCCCCCCCCC)COP(=O)(O)OCC(N)C(=O)O. The number of carboxylic acids is 1. The molecule has 0 radical (unpaired) electrons. The highest BCUT2D eigenvalue weighted by atomic mass is 31.2. The first-order chi connectivity index (χ1) is 23.6. The second-order valence-electron chi connectivity index (χ2n) is 13.4. The van der Waals surface area contributed by atoms with E-state index in [0.29, 0.717) is 12.8 Å². The minimum absolute atomic E-state index is 0.168. The molecule has 0 aliphatic rings. The molecule has 0 rings (SSSR count). The highest BCUT2D eigenvalue weighted by molar-refractivity contribution is 7.47. The summed E-state index contributed by atoms with van der Waals surface area (Å²) in [5.41, 5.74) is 5.31. The minimum atomic E-state index is -4.70. The van der Waals surface area contributed by atoms with Gasteiger partial charge in [0.15, 0.2) is 6.10 Å². The fourth-order valence-corrected chi connectivity index (χ4v) is 6.26. The molecular formula is C37H72NO10P. The van der Waals surface area contributed by atoms with Crippen molar-refractivity contribution < 1.29 is 47.5 Å². The quantitative estimate of drug-likeness (QED) is 0.0317. The summed E-state index contributed by atoms with van der Waals surface area (Å²) in [6.07, 6.45) is 28.8. The standard InChI is InChI=1S/C37H72NO10P/c1-3-5-7-9-11-13-15-17-19-21-23-25-27-29-36(40)48-33(31-46-49(43,44)47-32-34(38)37(41)42)30-45-35(39)28-26-24-22-20-18-16-14-12-10-8-6-4-2/h33-34H,3-32,38H2,1-2H3,(H,41,42)(H,43,44). The fourth-order valence-electron chi connectivity index (χ4n) is 5.48. The van der Waals surface area contributed by atoms with E-state index < -0.39 is 51.1 Å². The van der Waals surface area contributed by atoms with Gasteiger partial charge in [-0.1, -0.05) is 162 Å². The number of phosphoric acid groups is 1. The molecule has 12 heteroatoms. The van der Waals surface area contributed by atoms with Crippen molar-refractivity contribution in [1.82, 2.24) is 0 Å². The van der Waals surface area contributed by atoms with Crippen molar-refractivity contribution in [3.63, 3.8) is 0 Å². The largest absolute Gasteiger partial charge is 0.480 e. The number of ether oxygens (including phenoxy) is 2. The second-order valence-corrected chi connectivity index (χ2v) is 14.9. The molecule has 4 N–H and O–H groups in total. The molecule has 3 unspecified atom stereocenters. The first-order valence-corrected chi connectivity index (χ1v) is 21.1. The molecule has 0 aromatic heterocycles. The maximum atomic E-state index is 12.5. The molecule has 0 saturated heterocycles. The molecule has 0 heterocycles. The van der Waals surface area contributed by atoms with Crippen LogP contribution in [0, 0.1) is 0 Å². The number of carbonyl (C=O) groups excluding carboxylic acids is 2. The number of hydrogen-bond acceptors (Lipinski definition) is 9. The van der Waals surface area contributed by atoms with Gasteiger partial charge in [0.1, 0.15) is 12.6 Å². The number of hydrogen-bond donors (Lipinski definition) is 3. The maximum Gasteiger partial charge on any atom is 0.472 e. The van der Waals surface area contributed by atoms with Crippen LogP contribution < -0.4 is 5.73 Å². The summed E-state index contributed by atoms with van der Waals surface area (Å²) >= 11 is 0. The molecule has 0 aliphatic heterocycles. The zero-order chi connectivity index (χ0) is 36.4. The predicted octanol–water partition coefficient (Wildman–Crippen LogP) is 9.56. The third-order valence-corrected chi connectivity index (χ3v) is 9.56. The van der Waals surface area contributed by atoms with Crippen molar-refractivity contribution in [2.24, 2.45) is 5.73 Å². The lowest BCUT2D eigenvalue weighted by Gasteiger charge is -2.20. The van der Waals surface area contributed by atoms with Gasteiger partial charge in [0.05, 0.1) is 13.2 Å². The van der Waals surface area contributed by atoms with E-state index in [-0.39, 0.29) is 19.4 Å². The Kier molecular flexibility index (Phi) is 32.6. The number of unbranched alkanes of at least 4 members (excludes halogenated alkanes) is 23. The minimum Gasteiger partial charge on any atom is -0.480 e. The molecule has 0 fully saturated rings. The van der Waals surface area contributed by atoms with Gasteiger partial charge in [-0.3, -0.25) is 23.4 Å². The summed E-state index contributed by atoms with van der Waals surface area (Å²) in [6.45, 7) is 2.80. The Balaban J connectivity index is 4.40. The molecule has 0 aromatic carbocycles. The summed E-state index contributed by atoms with van der Waals surface area (Å²) in [4.78, 5) is 45.7. The molecule has 11 nitrogen and oxygen atoms in total. The van der Waals surface area contributed by atoms with Crippen LogP contribution in [-0.2, 0) is 37.5 Å². The molecule has 0 spiro atoms. The topological polar surface area (TPSA) is 172 Å². The Labute approximate surface area is 297 Å². The number of esters is 2. The zero-order valence-corrected chi connectivity index (χ0v) is 31.9. The molecule has 290 valence electrons. The Bertz CT molecular complexity index is 859. The number of carbonyl (C=O) groups is 3. The van der Waals surface area contributed by atoms with Crippen molar-refractivity contribution >= 4 is 25.7 Å². The van der Waals surface area contributed by atoms with E-state index in [1.54, 1.807) is 0 Å². The molecule has 0 bridgehead atoms. The van der Waals surface area contributed by atoms with E-state index in [1.165, 1.54) is 109 Å². The smallest absolute Gasteiger partial charge is 0.472 e. The summed E-state index contributed by atoms with van der Waals surface area (Å²) in [5, 5.41) is 8.85. The molecule has 49 heavy (non-hydrogen) atoms. The average Bonchev–Trinajstić information content (AvgIpc) is 3.07. The third kappa shape index (κ3) is 33.4. The molecule has 0 aliphatic carbocycles. The molecule has 3 atom stereocenters. The van der Waals surface area contributed by atoms with Crippen LogP contribution >= 0.6 is 7.82 Å². The normalized spacial score (nSPS) is 13.9. The van der Waals surface area contributed by atoms with Crippen molar-refractivity contribution in [3.05, 3.63) is 0 Å². The summed E-state index contributed by atoms with van der Waals surface area (Å²) in [5.74, 6) is -2.36. The predicted molar refractivity (Wildman–Crippen MR) is 194 cm³/mol. The number of phosphoric ester groups is 1. The highest BCUT2D eigenvalue weighted by Gasteiger charge is 2.28. The van der Waals surface area contributed by atoms with Crippen molar-refractivity contribution in [1.29, 1.82) is 0 Å². The Morgan fingerprint density at radius 1 is 0.551 bits per heavy atom. The lowest BCUT2D eigenvalue weighted by Crippen LogP contribution is -2.34. The zero-order valence-electron chi connectivity index (χ0n) is 31.1. The van der Waals surface area contributed by atoms with Crippen LogP contribution in [0.1, 0.15) is 187 Å². The Morgan fingerprint density at radius 2 is 0.898 bits per heavy atom. The lowest BCUT2D eigenvalue weighted by molar-refractivity contribution is -0.161. The van der Waals surface area contributed by atoms with Gasteiger partial charge in [0, 0.05) is 12.8 Å². The van der Waals surface area contributed by atoms with Crippen LogP contribution in [0.3, 0.4) is 0 Å². The van der Waals surface area contributed by atoms with E-state index in [4.69, 9.17) is 24.8 Å². The van der Waals surface area contributed by atoms with E-state index >= 15 is 0 Å². The Hall–Kier alpha value is -1.52. The number of rotatable bonds is 37. The highest BCUT2D eigenvalue weighted by Crippen LogP contribution is 2.43.